The molecule has 0 radical (unpaired) electrons. The number of halogens is 3. The Bertz CT molecular complexity index is 439. The van der Waals surface area contributed by atoms with Crippen molar-refractivity contribution >= 4 is 45.0 Å². The number of hydrogen-bond acceptors (Lipinski definition) is 1. The monoisotopic (exact) mass is 335 g/mol. The molecule has 0 saturated carbocycles. The summed E-state index contributed by atoms with van der Waals surface area (Å²) in [5.74, 6) is 0.206. The van der Waals surface area contributed by atoms with Crippen molar-refractivity contribution in [3.63, 3.8) is 0 Å². The van der Waals surface area contributed by atoms with Gasteiger partial charge in [-0.2, -0.15) is 0 Å². The van der Waals surface area contributed by atoms with Gasteiger partial charge in [0.2, 0.25) is 5.91 Å². The predicted molar refractivity (Wildman–Crippen MR) is 74.1 cm³/mol. The Morgan fingerprint density at radius 3 is 2.76 bits per heavy atom. The molecular formula is C12H12BrCl2NO. The summed E-state index contributed by atoms with van der Waals surface area (Å²) < 4.78 is 0. The molecule has 1 aromatic rings. The van der Waals surface area contributed by atoms with Crippen LogP contribution in [0.4, 0.5) is 0 Å². The van der Waals surface area contributed by atoms with Gasteiger partial charge in [0.1, 0.15) is 0 Å². The van der Waals surface area contributed by atoms with E-state index >= 15 is 0 Å². The average molecular weight is 337 g/mol. The van der Waals surface area contributed by atoms with Crippen LogP contribution in [0.25, 0.3) is 0 Å². The van der Waals surface area contributed by atoms with Gasteiger partial charge in [-0.3, -0.25) is 4.79 Å². The van der Waals surface area contributed by atoms with E-state index in [0.29, 0.717) is 23.0 Å². The average Bonchev–Trinajstić information content (AvgIpc) is 2.56. The van der Waals surface area contributed by atoms with Crippen molar-refractivity contribution in [1.82, 2.24) is 4.90 Å². The molecule has 1 aliphatic heterocycles. The van der Waals surface area contributed by atoms with E-state index in [1.807, 2.05) is 17.0 Å². The van der Waals surface area contributed by atoms with Crippen LogP contribution in [-0.2, 0) is 11.2 Å². The third kappa shape index (κ3) is 3.36. The minimum atomic E-state index is 0.206. The number of rotatable bonds is 3. The Kier molecular flexibility index (Phi) is 4.34. The molecule has 1 heterocycles. The SMILES string of the molecule is O=C1CC(Br)CN1CCc1ccc(Cl)cc1Cl. The van der Waals surface area contributed by atoms with Gasteiger partial charge >= 0.3 is 0 Å². The van der Waals surface area contributed by atoms with Crippen LogP contribution < -0.4 is 0 Å². The highest BCUT2D eigenvalue weighted by molar-refractivity contribution is 9.09. The number of alkyl halides is 1. The molecule has 0 bridgehead atoms. The van der Waals surface area contributed by atoms with Gasteiger partial charge in [-0.25, -0.2) is 0 Å². The lowest BCUT2D eigenvalue weighted by Crippen LogP contribution is -2.27. The number of hydrogen-bond donors (Lipinski definition) is 0. The Morgan fingerprint density at radius 2 is 2.18 bits per heavy atom. The van der Waals surface area contributed by atoms with Crippen LogP contribution in [0.3, 0.4) is 0 Å². The van der Waals surface area contributed by atoms with Crippen LogP contribution in [0.5, 0.6) is 0 Å². The summed E-state index contributed by atoms with van der Waals surface area (Å²) in [7, 11) is 0. The molecule has 5 heteroatoms. The van der Waals surface area contributed by atoms with Gasteiger partial charge in [0.25, 0.3) is 0 Å². The van der Waals surface area contributed by atoms with Crippen LogP contribution in [0, 0.1) is 0 Å². The quantitative estimate of drug-likeness (QED) is 0.773. The van der Waals surface area contributed by atoms with Gasteiger partial charge in [-0.1, -0.05) is 45.2 Å². The zero-order chi connectivity index (χ0) is 12.4. The summed E-state index contributed by atoms with van der Waals surface area (Å²) in [5, 5.41) is 1.30. The minimum absolute atomic E-state index is 0.206. The number of benzene rings is 1. The smallest absolute Gasteiger partial charge is 0.223 e. The molecule has 0 N–H and O–H groups in total. The molecule has 1 fully saturated rings. The fourth-order valence-electron chi connectivity index (χ4n) is 1.92. The molecule has 17 heavy (non-hydrogen) atoms. The first-order valence-corrected chi connectivity index (χ1v) is 7.09. The molecule has 2 rings (SSSR count). The number of carbonyl (C=O) groups is 1. The maximum atomic E-state index is 11.6. The number of amides is 1. The van der Waals surface area contributed by atoms with Crippen LogP contribution in [0.1, 0.15) is 12.0 Å². The first-order valence-electron chi connectivity index (χ1n) is 5.42. The summed E-state index contributed by atoms with van der Waals surface area (Å²) in [6.45, 7) is 1.49. The van der Waals surface area contributed by atoms with Crippen molar-refractivity contribution < 1.29 is 4.79 Å². The van der Waals surface area contributed by atoms with E-state index < -0.39 is 0 Å². The second kappa shape index (κ2) is 5.59. The van der Waals surface area contributed by atoms with E-state index in [0.717, 1.165) is 18.5 Å². The summed E-state index contributed by atoms with van der Waals surface area (Å²) >= 11 is 15.4. The summed E-state index contributed by atoms with van der Waals surface area (Å²) in [6, 6.07) is 5.47. The van der Waals surface area contributed by atoms with Crippen LogP contribution in [0.2, 0.25) is 10.0 Å². The van der Waals surface area contributed by atoms with Crippen LogP contribution in [0.15, 0.2) is 18.2 Å². The van der Waals surface area contributed by atoms with Gasteiger partial charge in [0.15, 0.2) is 0 Å². The summed E-state index contributed by atoms with van der Waals surface area (Å²) in [6.07, 6.45) is 1.36. The van der Waals surface area contributed by atoms with Gasteiger partial charge in [0.05, 0.1) is 0 Å². The highest BCUT2D eigenvalue weighted by atomic mass is 79.9. The summed E-state index contributed by atoms with van der Waals surface area (Å²) in [4.78, 5) is 13.7. The lowest BCUT2D eigenvalue weighted by molar-refractivity contribution is -0.127. The predicted octanol–water partition coefficient (Wildman–Crippen LogP) is 3.53. The molecule has 1 atom stereocenters. The Labute approximate surface area is 119 Å². The molecule has 0 spiro atoms. The molecule has 1 saturated heterocycles. The topological polar surface area (TPSA) is 20.3 Å². The third-order valence-corrected chi connectivity index (χ3v) is 4.03. The first-order chi connectivity index (χ1) is 8.06. The number of nitrogens with zero attached hydrogens (tertiary/aromatic N) is 1. The lowest BCUT2D eigenvalue weighted by atomic mass is 10.1. The maximum Gasteiger partial charge on any atom is 0.223 e. The largest absolute Gasteiger partial charge is 0.341 e. The normalized spacial score (nSPS) is 20.1. The summed E-state index contributed by atoms with van der Waals surface area (Å²) in [5.41, 5.74) is 1.03. The first kappa shape index (κ1) is 13.2. The van der Waals surface area contributed by atoms with E-state index in [2.05, 4.69) is 15.9 Å². The molecule has 1 unspecified atom stereocenters. The van der Waals surface area contributed by atoms with Crippen molar-refractivity contribution in [2.24, 2.45) is 0 Å². The maximum absolute atomic E-state index is 11.6. The molecule has 0 aromatic heterocycles. The molecule has 92 valence electrons. The number of likely N-dealkylation sites (tertiary alicyclic amines) is 1. The second-order valence-corrected chi connectivity index (χ2v) is 6.27. The van der Waals surface area contributed by atoms with Crippen LogP contribution >= 0.6 is 39.1 Å². The molecule has 1 aliphatic rings. The highest BCUT2D eigenvalue weighted by Crippen LogP contribution is 2.23. The minimum Gasteiger partial charge on any atom is -0.341 e. The van der Waals surface area contributed by atoms with Gasteiger partial charge in [0, 0.05) is 34.4 Å². The molecule has 1 aromatic carbocycles. The van der Waals surface area contributed by atoms with Gasteiger partial charge in [-0.15, -0.1) is 0 Å². The van der Waals surface area contributed by atoms with Gasteiger partial charge < -0.3 is 4.90 Å². The second-order valence-electron chi connectivity index (χ2n) is 4.13. The van der Waals surface area contributed by atoms with Crippen molar-refractivity contribution in [2.75, 3.05) is 13.1 Å². The van der Waals surface area contributed by atoms with E-state index in [-0.39, 0.29) is 10.7 Å². The number of carbonyl (C=O) groups excluding carboxylic acids is 1. The molecule has 1 amide bonds. The molecule has 0 aliphatic carbocycles. The zero-order valence-electron chi connectivity index (χ0n) is 9.13. The fourth-order valence-corrected chi connectivity index (χ4v) is 3.05. The lowest BCUT2D eigenvalue weighted by Gasteiger charge is -2.16. The van der Waals surface area contributed by atoms with E-state index in [1.54, 1.807) is 6.07 Å². The molecule has 2 nitrogen and oxygen atoms in total. The van der Waals surface area contributed by atoms with Gasteiger partial charge in [-0.05, 0) is 24.1 Å². The zero-order valence-corrected chi connectivity index (χ0v) is 12.2. The Hall–Kier alpha value is -0.250. The third-order valence-electron chi connectivity index (χ3n) is 2.83. The van der Waals surface area contributed by atoms with E-state index in [4.69, 9.17) is 23.2 Å². The van der Waals surface area contributed by atoms with E-state index in [9.17, 15) is 4.79 Å². The van der Waals surface area contributed by atoms with Crippen molar-refractivity contribution in [3.8, 4) is 0 Å². The molecular weight excluding hydrogens is 325 g/mol. The van der Waals surface area contributed by atoms with Crippen molar-refractivity contribution in [2.45, 2.75) is 17.7 Å². The fraction of sp³-hybridized carbons (Fsp3) is 0.417. The Balaban J connectivity index is 1.96. The Morgan fingerprint density at radius 1 is 1.41 bits per heavy atom. The standard InChI is InChI=1S/C12H12BrCl2NO/c13-9-5-12(17)16(7-9)4-3-8-1-2-10(14)6-11(8)15/h1-2,6,9H,3-5,7H2. The highest BCUT2D eigenvalue weighted by Gasteiger charge is 2.27. The van der Waals surface area contributed by atoms with E-state index in [1.165, 1.54) is 0 Å². The van der Waals surface area contributed by atoms with Crippen molar-refractivity contribution in [3.05, 3.63) is 33.8 Å². The van der Waals surface area contributed by atoms with Crippen LogP contribution in [-0.4, -0.2) is 28.7 Å². The van der Waals surface area contributed by atoms with Crippen molar-refractivity contribution in [1.29, 1.82) is 0 Å².